The van der Waals surface area contributed by atoms with Gasteiger partial charge in [-0.25, -0.2) is 0 Å². The number of aryl methyl sites for hydroxylation is 1. The average molecular weight is 341 g/mol. The number of Topliss-reactive ketones (excluding diaryl/α,β-unsaturated/α-hetero) is 1. The molecule has 2 aromatic rings. The van der Waals surface area contributed by atoms with E-state index in [0.717, 1.165) is 25.8 Å². The van der Waals surface area contributed by atoms with Crippen LogP contribution in [0.15, 0.2) is 35.7 Å². The van der Waals surface area contributed by atoms with Crippen LogP contribution in [0.3, 0.4) is 0 Å². The molecule has 126 valence electrons. The van der Waals surface area contributed by atoms with Crippen LogP contribution in [-0.4, -0.2) is 23.1 Å². The highest BCUT2D eigenvalue weighted by Gasteiger charge is 2.21. The van der Waals surface area contributed by atoms with Crippen molar-refractivity contribution in [3.8, 4) is 0 Å². The maximum atomic E-state index is 12.4. The van der Waals surface area contributed by atoms with Crippen molar-refractivity contribution in [2.75, 3.05) is 6.54 Å². The van der Waals surface area contributed by atoms with Gasteiger partial charge in [-0.15, -0.1) is 11.3 Å². The van der Waals surface area contributed by atoms with E-state index in [9.17, 15) is 9.59 Å². The number of rotatable bonds is 6. The first-order valence-corrected chi connectivity index (χ1v) is 9.50. The molecule has 4 heteroatoms. The molecule has 1 aliphatic heterocycles. The summed E-state index contributed by atoms with van der Waals surface area (Å²) in [7, 11) is 0. The van der Waals surface area contributed by atoms with Crippen LogP contribution in [0.4, 0.5) is 0 Å². The summed E-state index contributed by atoms with van der Waals surface area (Å²) < 4.78 is 0. The Hall–Kier alpha value is -1.94. The highest BCUT2D eigenvalue weighted by Crippen LogP contribution is 2.24. The van der Waals surface area contributed by atoms with Crippen LogP contribution in [-0.2, 0) is 24.2 Å². The largest absolute Gasteiger partial charge is 0.338 e. The molecule has 0 atom stereocenters. The predicted octanol–water partition coefficient (Wildman–Crippen LogP) is 4.25. The van der Waals surface area contributed by atoms with Crippen molar-refractivity contribution in [3.05, 3.63) is 57.3 Å². The lowest BCUT2D eigenvalue weighted by Gasteiger charge is -2.27. The van der Waals surface area contributed by atoms with Crippen molar-refractivity contribution in [3.63, 3.8) is 0 Å². The van der Waals surface area contributed by atoms with Gasteiger partial charge in [0.2, 0.25) is 5.91 Å². The van der Waals surface area contributed by atoms with Gasteiger partial charge in [-0.05, 0) is 35.4 Å². The SMILES string of the molecule is CCCc1ccc(C(=O)CCC(=O)N2CCc3sccc3C2)cc1. The molecule has 0 fully saturated rings. The van der Waals surface area contributed by atoms with Crippen molar-refractivity contribution in [2.45, 2.75) is 45.6 Å². The second-order valence-corrected chi connectivity index (χ2v) is 7.31. The minimum Gasteiger partial charge on any atom is -0.338 e. The zero-order chi connectivity index (χ0) is 16.9. The fourth-order valence-corrected chi connectivity index (χ4v) is 4.02. The topological polar surface area (TPSA) is 37.4 Å². The Labute approximate surface area is 147 Å². The maximum Gasteiger partial charge on any atom is 0.223 e. The molecule has 2 heterocycles. The first-order valence-electron chi connectivity index (χ1n) is 8.62. The number of carbonyl (C=O) groups excluding carboxylic acids is 2. The van der Waals surface area contributed by atoms with Crippen LogP contribution >= 0.6 is 11.3 Å². The Morgan fingerprint density at radius 1 is 1.12 bits per heavy atom. The molecule has 1 aliphatic rings. The van der Waals surface area contributed by atoms with Gasteiger partial charge < -0.3 is 4.90 Å². The Balaban J connectivity index is 1.51. The number of fused-ring (bicyclic) bond motifs is 1. The van der Waals surface area contributed by atoms with E-state index in [1.807, 2.05) is 29.2 Å². The van der Waals surface area contributed by atoms with Gasteiger partial charge in [0.25, 0.3) is 0 Å². The Morgan fingerprint density at radius 2 is 1.92 bits per heavy atom. The number of hydrogen-bond acceptors (Lipinski definition) is 3. The molecule has 0 spiro atoms. The molecule has 0 aliphatic carbocycles. The molecule has 0 unspecified atom stereocenters. The third-order valence-electron chi connectivity index (χ3n) is 4.54. The van der Waals surface area contributed by atoms with Crippen LogP contribution in [0.1, 0.15) is 52.5 Å². The zero-order valence-electron chi connectivity index (χ0n) is 14.1. The summed E-state index contributed by atoms with van der Waals surface area (Å²) in [6, 6.07) is 9.90. The molecular weight excluding hydrogens is 318 g/mol. The van der Waals surface area contributed by atoms with Crippen LogP contribution in [0.25, 0.3) is 0 Å². The number of hydrogen-bond donors (Lipinski definition) is 0. The summed E-state index contributed by atoms with van der Waals surface area (Å²) in [5.74, 6) is 0.141. The van der Waals surface area contributed by atoms with Gasteiger partial charge in [-0.2, -0.15) is 0 Å². The summed E-state index contributed by atoms with van der Waals surface area (Å²) >= 11 is 1.77. The third-order valence-corrected chi connectivity index (χ3v) is 5.56. The van der Waals surface area contributed by atoms with Crippen LogP contribution in [0.5, 0.6) is 0 Å². The fraction of sp³-hybridized carbons (Fsp3) is 0.400. The quantitative estimate of drug-likeness (QED) is 0.737. The van der Waals surface area contributed by atoms with Gasteiger partial charge >= 0.3 is 0 Å². The van der Waals surface area contributed by atoms with Crippen LogP contribution in [0.2, 0.25) is 0 Å². The number of carbonyl (C=O) groups is 2. The van der Waals surface area contributed by atoms with Crippen molar-refractivity contribution >= 4 is 23.0 Å². The van der Waals surface area contributed by atoms with E-state index in [0.29, 0.717) is 24.9 Å². The lowest BCUT2D eigenvalue weighted by Crippen LogP contribution is -2.35. The van der Waals surface area contributed by atoms with Gasteiger partial charge in [0.05, 0.1) is 0 Å². The maximum absolute atomic E-state index is 12.4. The third kappa shape index (κ3) is 3.93. The smallest absolute Gasteiger partial charge is 0.223 e. The van der Waals surface area contributed by atoms with Gasteiger partial charge in [0, 0.05) is 36.4 Å². The normalized spacial score (nSPS) is 13.6. The first-order chi connectivity index (χ1) is 11.7. The molecule has 0 radical (unpaired) electrons. The van der Waals surface area contributed by atoms with E-state index < -0.39 is 0 Å². The van der Waals surface area contributed by atoms with Gasteiger partial charge in [-0.3, -0.25) is 9.59 Å². The van der Waals surface area contributed by atoms with Crippen molar-refractivity contribution < 1.29 is 9.59 Å². The van der Waals surface area contributed by atoms with E-state index in [1.165, 1.54) is 16.0 Å². The van der Waals surface area contributed by atoms with E-state index >= 15 is 0 Å². The Kier molecular flexibility index (Phi) is 5.46. The predicted molar refractivity (Wildman–Crippen MR) is 97.4 cm³/mol. The van der Waals surface area contributed by atoms with Gasteiger partial charge in [0.1, 0.15) is 0 Å². The monoisotopic (exact) mass is 341 g/mol. The first kappa shape index (κ1) is 16.9. The van der Waals surface area contributed by atoms with Crippen molar-refractivity contribution in [1.29, 1.82) is 0 Å². The van der Waals surface area contributed by atoms with Gasteiger partial charge in [-0.1, -0.05) is 37.6 Å². The van der Waals surface area contributed by atoms with E-state index in [2.05, 4.69) is 18.4 Å². The summed E-state index contributed by atoms with van der Waals surface area (Å²) in [6.45, 7) is 3.61. The van der Waals surface area contributed by atoms with Gasteiger partial charge in [0.15, 0.2) is 5.78 Å². The Morgan fingerprint density at radius 3 is 2.67 bits per heavy atom. The fourth-order valence-electron chi connectivity index (χ4n) is 3.13. The molecule has 3 nitrogen and oxygen atoms in total. The molecule has 0 saturated heterocycles. The lowest BCUT2D eigenvalue weighted by molar-refractivity contribution is -0.132. The minimum atomic E-state index is 0.0552. The number of amides is 1. The summed E-state index contributed by atoms with van der Waals surface area (Å²) in [5, 5.41) is 2.09. The number of benzene rings is 1. The second-order valence-electron chi connectivity index (χ2n) is 6.30. The molecule has 0 N–H and O–H groups in total. The molecule has 24 heavy (non-hydrogen) atoms. The van der Waals surface area contributed by atoms with Crippen molar-refractivity contribution in [1.82, 2.24) is 4.90 Å². The molecule has 1 amide bonds. The Bertz CT molecular complexity index is 717. The molecule has 1 aromatic heterocycles. The molecule has 1 aromatic carbocycles. The van der Waals surface area contributed by atoms with E-state index in [4.69, 9.17) is 0 Å². The molecule has 3 rings (SSSR count). The zero-order valence-corrected chi connectivity index (χ0v) is 14.9. The molecule has 0 bridgehead atoms. The second kappa shape index (κ2) is 7.75. The number of thiophene rings is 1. The van der Waals surface area contributed by atoms with Crippen molar-refractivity contribution in [2.24, 2.45) is 0 Å². The average Bonchev–Trinajstić information content (AvgIpc) is 3.08. The summed E-state index contributed by atoms with van der Waals surface area (Å²) in [4.78, 5) is 27.9. The lowest BCUT2D eigenvalue weighted by atomic mass is 10.0. The summed E-state index contributed by atoms with van der Waals surface area (Å²) in [5.41, 5.74) is 3.23. The number of nitrogens with zero attached hydrogens (tertiary/aromatic N) is 1. The number of ketones is 1. The highest BCUT2D eigenvalue weighted by atomic mass is 32.1. The summed E-state index contributed by atoms with van der Waals surface area (Å²) in [6.07, 6.45) is 3.66. The van der Waals surface area contributed by atoms with E-state index in [-0.39, 0.29) is 11.7 Å². The molecular formula is C20H23NO2S. The van der Waals surface area contributed by atoms with E-state index in [1.54, 1.807) is 11.3 Å². The molecule has 0 saturated carbocycles. The highest BCUT2D eigenvalue weighted by molar-refractivity contribution is 7.10. The van der Waals surface area contributed by atoms with Crippen LogP contribution < -0.4 is 0 Å². The minimum absolute atomic E-state index is 0.0552. The standard InChI is InChI=1S/C20H23NO2S/c1-2-3-15-4-6-16(7-5-15)18(22)8-9-20(23)21-12-10-19-17(14-21)11-13-24-19/h4-7,11,13H,2-3,8-10,12,14H2,1H3. The van der Waals surface area contributed by atoms with Crippen LogP contribution in [0, 0.1) is 0 Å².